The molecule has 0 N–H and O–H groups in total. The Kier molecular flexibility index (Phi) is 2.94. The Bertz CT molecular complexity index is 1130. The maximum absolute atomic E-state index is 2.47. The van der Waals surface area contributed by atoms with Crippen molar-refractivity contribution < 1.29 is 0 Å². The van der Waals surface area contributed by atoms with Gasteiger partial charge in [-0.05, 0) is 53.8 Å². The summed E-state index contributed by atoms with van der Waals surface area (Å²) in [6, 6.07) is 22.7. The summed E-state index contributed by atoms with van der Waals surface area (Å²) >= 11 is 0. The zero-order chi connectivity index (χ0) is 17.2. The van der Waals surface area contributed by atoms with Crippen LogP contribution in [0.3, 0.4) is 0 Å². The molecule has 1 aliphatic carbocycles. The molecule has 0 bridgehead atoms. The highest BCUT2D eigenvalue weighted by Crippen LogP contribution is 2.52. The van der Waals surface area contributed by atoms with Gasteiger partial charge in [0.25, 0.3) is 0 Å². The van der Waals surface area contributed by atoms with Gasteiger partial charge < -0.3 is 4.57 Å². The molecule has 0 saturated heterocycles. The largest absolute Gasteiger partial charge is 0.341 e. The number of benzene rings is 3. The van der Waals surface area contributed by atoms with E-state index in [1.165, 1.54) is 44.1 Å². The third-order valence-corrected chi connectivity index (χ3v) is 6.34. The Morgan fingerprint density at radius 1 is 0.760 bits per heavy atom. The Hall–Kier alpha value is -2.54. The number of para-hydroxylation sites is 1. The van der Waals surface area contributed by atoms with Crippen molar-refractivity contribution in [3.63, 3.8) is 0 Å². The molecule has 1 aromatic heterocycles. The highest BCUT2D eigenvalue weighted by Gasteiger charge is 2.38. The SMILES string of the molecule is CCn1c2ccccc2c2cc3c(cc21)-c1ccccc1C3(C)CC. The molecule has 1 aliphatic rings. The summed E-state index contributed by atoms with van der Waals surface area (Å²) in [6.07, 6.45) is 1.12. The molecule has 0 spiro atoms. The van der Waals surface area contributed by atoms with E-state index in [1.54, 1.807) is 0 Å². The third-order valence-electron chi connectivity index (χ3n) is 6.34. The molecule has 0 radical (unpaired) electrons. The van der Waals surface area contributed by atoms with Crippen molar-refractivity contribution in [3.8, 4) is 11.1 Å². The highest BCUT2D eigenvalue weighted by atomic mass is 15.0. The monoisotopic (exact) mass is 325 g/mol. The first-order valence-corrected chi connectivity index (χ1v) is 9.34. The van der Waals surface area contributed by atoms with E-state index in [9.17, 15) is 0 Å². The zero-order valence-electron chi connectivity index (χ0n) is 15.1. The molecule has 3 aromatic carbocycles. The minimum atomic E-state index is 0.107. The second-order valence-corrected chi connectivity index (χ2v) is 7.41. The van der Waals surface area contributed by atoms with Crippen LogP contribution in [0.4, 0.5) is 0 Å². The minimum absolute atomic E-state index is 0.107. The summed E-state index contributed by atoms with van der Waals surface area (Å²) in [6.45, 7) is 7.95. The van der Waals surface area contributed by atoms with Gasteiger partial charge in [0, 0.05) is 33.8 Å². The Morgan fingerprint density at radius 3 is 2.32 bits per heavy atom. The molecule has 0 saturated carbocycles. The van der Waals surface area contributed by atoms with Crippen LogP contribution in [-0.2, 0) is 12.0 Å². The molecule has 0 fully saturated rings. The van der Waals surface area contributed by atoms with Gasteiger partial charge in [-0.3, -0.25) is 0 Å². The van der Waals surface area contributed by atoms with E-state index in [1.807, 2.05) is 0 Å². The molecular weight excluding hydrogens is 302 g/mol. The van der Waals surface area contributed by atoms with Gasteiger partial charge in [-0.2, -0.15) is 0 Å². The number of hydrogen-bond donors (Lipinski definition) is 0. The predicted molar refractivity (Wildman–Crippen MR) is 107 cm³/mol. The molecule has 1 heterocycles. The fourth-order valence-corrected chi connectivity index (χ4v) is 4.84. The van der Waals surface area contributed by atoms with Crippen molar-refractivity contribution in [1.29, 1.82) is 0 Å². The first kappa shape index (κ1) is 14.8. The van der Waals surface area contributed by atoms with Crippen LogP contribution in [-0.4, -0.2) is 4.57 Å². The molecule has 5 rings (SSSR count). The Balaban J connectivity index is 1.96. The molecule has 0 amide bonds. The van der Waals surface area contributed by atoms with E-state index < -0.39 is 0 Å². The molecule has 124 valence electrons. The van der Waals surface area contributed by atoms with Gasteiger partial charge in [-0.25, -0.2) is 0 Å². The van der Waals surface area contributed by atoms with Gasteiger partial charge in [0.15, 0.2) is 0 Å². The van der Waals surface area contributed by atoms with Crippen molar-refractivity contribution >= 4 is 21.8 Å². The molecule has 1 nitrogen and oxygen atoms in total. The topological polar surface area (TPSA) is 4.93 Å². The number of aryl methyl sites for hydroxylation is 1. The lowest BCUT2D eigenvalue weighted by Crippen LogP contribution is -2.19. The molecule has 25 heavy (non-hydrogen) atoms. The quantitative estimate of drug-likeness (QED) is 0.396. The Morgan fingerprint density at radius 2 is 1.52 bits per heavy atom. The van der Waals surface area contributed by atoms with Gasteiger partial charge >= 0.3 is 0 Å². The van der Waals surface area contributed by atoms with Gasteiger partial charge in [0.05, 0.1) is 0 Å². The minimum Gasteiger partial charge on any atom is -0.341 e. The van der Waals surface area contributed by atoms with Gasteiger partial charge in [-0.1, -0.05) is 56.3 Å². The number of hydrogen-bond acceptors (Lipinski definition) is 0. The number of fused-ring (bicyclic) bond motifs is 6. The lowest BCUT2D eigenvalue weighted by molar-refractivity contribution is 0.565. The fraction of sp³-hybridized carbons (Fsp3) is 0.250. The van der Waals surface area contributed by atoms with Crippen molar-refractivity contribution in [3.05, 3.63) is 71.8 Å². The van der Waals surface area contributed by atoms with Crippen LogP contribution in [0.2, 0.25) is 0 Å². The number of aromatic nitrogens is 1. The van der Waals surface area contributed by atoms with E-state index in [2.05, 4.69) is 86.0 Å². The lowest BCUT2D eigenvalue weighted by Gasteiger charge is -2.25. The van der Waals surface area contributed by atoms with Gasteiger partial charge in [0.2, 0.25) is 0 Å². The van der Waals surface area contributed by atoms with Crippen molar-refractivity contribution in [2.24, 2.45) is 0 Å². The van der Waals surface area contributed by atoms with Gasteiger partial charge in [0.1, 0.15) is 0 Å². The summed E-state index contributed by atoms with van der Waals surface area (Å²) in [5.41, 5.74) is 8.61. The normalized spacial score (nSPS) is 18.7. The first-order chi connectivity index (χ1) is 12.2. The molecule has 1 unspecified atom stereocenters. The average molecular weight is 325 g/mol. The van der Waals surface area contributed by atoms with Crippen LogP contribution in [0.1, 0.15) is 38.3 Å². The van der Waals surface area contributed by atoms with E-state index in [0.29, 0.717) is 0 Å². The van der Waals surface area contributed by atoms with Gasteiger partial charge in [-0.15, -0.1) is 0 Å². The summed E-state index contributed by atoms with van der Waals surface area (Å²) in [5.74, 6) is 0. The van der Waals surface area contributed by atoms with E-state index in [-0.39, 0.29) is 5.41 Å². The summed E-state index contributed by atoms with van der Waals surface area (Å²) in [5, 5.41) is 2.76. The molecular formula is C24H23N. The average Bonchev–Trinajstić information content (AvgIpc) is 3.11. The molecule has 1 heteroatoms. The van der Waals surface area contributed by atoms with Crippen molar-refractivity contribution in [1.82, 2.24) is 4.57 Å². The van der Waals surface area contributed by atoms with Crippen LogP contribution < -0.4 is 0 Å². The van der Waals surface area contributed by atoms with Crippen molar-refractivity contribution in [2.75, 3.05) is 0 Å². The second-order valence-electron chi connectivity index (χ2n) is 7.41. The third kappa shape index (κ3) is 1.73. The van der Waals surface area contributed by atoms with Crippen LogP contribution in [0.15, 0.2) is 60.7 Å². The number of rotatable bonds is 2. The van der Waals surface area contributed by atoms with Crippen molar-refractivity contribution in [2.45, 2.75) is 39.2 Å². The smallest absolute Gasteiger partial charge is 0.0497 e. The maximum Gasteiger partial charge on any atom is 0.0497 e. The Labute approximate surface area is 148 Å². The molecule has 1 atom stereocenters. The standard InChI is InChI=1S/C24H23N/c1-4-24(3)20-12-8-6-10-16(20)18-15-23-19(14-21(18)24)17-11-7-9-13-22(17)25(23)5-2/h6-15H,4-5H2,1-3H3. The summed E-state index contributed by atoms with van der Waals surface area (Å²) < 4.78 is 2.45. The van der Waals surface area contributed by atoms with Crippen LogP contribution in [0.25, 0.3) is 32.9 Å². The first-order valence-electron chi connectivity index (χ1n) is 9.34. The maximum atomic E-state index is 2.47. The van der Waals surface area contributed by atoms with Crippen LogP contribution >= 0.6 is 0 Å². The molecule has 4 aromatic rings. The van der Waals surface area contributed by atoms with E-state index >= 15 is 0 Å². The molecule has 0 aliphatic heterocycles. The number of nitrogens with zero attached hydrogens (tertiary/aromatic N) is 1. The summed E-state index contributed by atoms with van der Waals surface area (Å²) in [7, 11) is 0. The lowest BCUT2D eigenvalue weighted by atomic mass is 9.78. The van der Waals surface area contributed by atoms with Crippen LogP contribution in [0.5, 0.6) is 0 Å². The second kappa shape index (κ2) is 4.98. The highest BCUT2D eigenvalue weighted by molar-refractivity contribution is 6.10. The summed E-state index contributed by atoms with van der Waals surface area (Å²) in [4.78, 5) is 0. The van der Waals surface area contributed by atoms with E-state index in [4.69, 9.17) is 0 Å². The zero-order valence-corrected chi connectivity index (χ0v) is 15.1. The predicted octanol–water partition coefficient (Wildman–Crippen LogP) is 6.51. The fourth-order valence-electron chi connectivity index (χ4n) is 4.84. The van der Waals surface area contributed by atoms with E-state index in [0.717, 1.165) is 13.0 Å². The van der Waals surface area contributed by atoms with Crippen LogP contribution in [0, 0.1) is 0 Å².